The topological polar surface area (TPSA) is 103 Å². The van der Waals surface area contributed by atoms with Crippen molar-refractivity contribution in [2.45, 2.75) is 12.8 Å². The van der Waals surface area contributed by atoms with E-state index in [4.69, 9.17) is 14.2 Å². The lowest BCUT2D eigenvalue weighted by Gasteiger charge is -2.09. The fourth-order valence-electron chi connectivity index (χ4n) is 2.85. The van der Waals surface area contributed by atoms with Gasteiger partial charge in [-0.25, -0.2) is 9.97 Å². The van der Waals surface area contributed by atoms with Crippen molar-refractivity contribution < 1.29 is 23.8 Å². The molecule has 2 heterocycles. The van der Waals surface area contributed by atoms with Crippen LogP contribution in [0.3, 0.4) is 0 Å². The molecule has 0 bridgehead atoms. The molecule has 0 unspecified atom stereocenters. The number of hydrogen-bond donors (Lipinski definition) is 1. The van der Waals surface area contributed by atoms with Gasteiger partial charge in [-0.3, -0.25) is 9.59 Å². The molecule has 0 fully saturated rings. The molecule has 2 aromatic heterocycles. The molecule has 1 aromatic carbocycles. The summed E-state index contributed by atoms with van der Waals surface area (Å²) in [5.74, 6) is 1.12. The quantitative estimate of drug-likeness (QED) is 0.554. The van der Waals surface area contributed by atoms with Gasteiger partial charge in [-0.05, 0) is 30.3 Å². The summed E-state index contributed by atoms with van der Waals surface area (Å²) in [5.41, 5.74) is 1.84. The van der Waals surface area contributed by atoms with E-state index in [-0.39, 0.29) is 30.1 Å². The van der Waals surface area contributed by atoms with E-state index in [9.17, 15) is 9.59 Å². The van der Waals surface area contributed by atoms with Gasteiger partial charge in [-0.15, -0.1) is 0 Å². The predicted molar refractivity (Wildman–Crippen MR) is 106 cm³/mol. The third-order valence-electron chi connectivity index (χ3n) is 4.40. The highest BCUT2D eigenvalue weighted by atomic mass is 16.5. The van der Waals surface area contributed by atoms with Crippen LogP contribution in [-0.4, -0.2) is 47.8 Å². The van der Waals surface area contributed by atoms with Crippen LogP contribution in [0.25, 0.3) is 11.4 Å². The summed E-state index contributed by atoms with van der Waals surface area (Å²) in [6.45, 7) is 0. The van der Waals surface area contributed by atoms with E-state index >= 15 is 0 Å². The minimum atomic E-state index is -0.234. The van der Waals surface area contributed by atoms with Gasteiger partial charge >= 0.3 is 0 Å². The van der Waals surface area contributed by atoms with Crippen LogP contribution in [0, 0.1) is 0 Å². The van der Waals surface area contributed by atoms with Crippen LogP contribution >= 0.6 is 0 Å². The van der Waals surface area contributed by atoms with Gasteiger partial charge < -0.3 is 19.2 Å². The van der Waals surface area contributed by atoms with Crippen LogP contribution in [0.4, 0.5) is 0 Å². The molecule has 150 valence electrons. The maximum Gasteiger partial charge on any atom is 0.181 e. The van der Waals surface area contributed by atoms with Crippen molar-refractivity contribution >= 4 is 11.6 Å². The lowest BCUT2D eigenvalue weighted by Crippen LogP contribution is -2.08. The Hall–Kier alpha value is -3.68. The summed E-state index contributed by atoms with van der Waals surface area (Å²) in [7, 11) is 4.56. The van der Waals surface area contributed by atoms with Gasteiger partial charge in [0.15, 0.2) is 23.1 Å². The zero-order chi connectivity index (χ0) is 20.8. The highest BCUT2D eigenvalue weighted by Crippen LogP contribution is 2.29. The number of aromatic nitrogens is 3. The summed E-state index contributed by atoms with van der Waals surface area (Å²) < 4.78 is 15.7. The number of benzene rings is 1. The molecule has 8 heteroatoms. The maximum atomic E-state index is 12.6. The Labute approximate surface area is 167 Å². The minimum Gasteiger partial charge on any atom is -0.494 e. The van der Waals surface area contributed by atoms with Gasteiger partial charge in [-0.2, -0.15) is 0 Å². The van der Waals surface area contributed by atoms with Crippen molar-refractivity contribution in [2.24, 2.45) is 0 Å². The monoisotopic (exact) mass is 395 g/mol. The highest BCUT2D eigenvalue weighted by molar-refractivity contribution is 6.02. The number of H-pyrrole nitrogens is 1. The van der Waals surface area contributed by atoms with Crippen molar-refractivity contribution in [3.05, 3.63) is 54.1 Å². The lowest BCUT2D eigenvalue weighted by molar-refractivity contribution is 0.0915. The molecule has 0 radical (unpaired) electrons. The van der Waals surface area contributed by atoms with E-state index in [0.29, 0.717) is 34.2 Å². The first kappa shape index (κ1) is 20.1. The number of carbonyl (C=O) groups is 2. The number of ketones is 2. The second-order valence-corrected chi connectivity index (χ2v) is 6.13. The molecule has 0 aliphatic carbocycles. The molecular weight excluding hydrogens is 374 g/mol. The SMILES string of the molecule is COc1ccc(C(=O)CCC(=O)c2ccc(OC)c(-c3cnc[nH]3)n2)cc1OC. The van der Waals surface area contributed by atoms with E-state index in [1.165, 1.54) is 27.7 Å². The molecule has 0 atom stereocenters. The first-order valence-electron chi connectivity index (χ1n) is 8.89. The number of nitrogens with one attached hydrogen (secondary N) is 1. The third-order valence-corrected chi connectivity index (χ3v) is 4.40. The van der Waals surface area contributed by atoms with Crippen LogP contribution in [0.15, 0.2) is 42.9 Å². The summed E-state index contributed by atoms with van der Waals surface area (Å²) in [6, 6.07) is 8.17. The summed E-state index contributed by atoms with van der Waals surface area (Å²) in [4.78, 5) is 36.4. The first-order chi connectivity index (χ1) is 14.1. The predicted octanol–water partition coefficient (Wildman–Crippen LogP) is 3.34. The largest absolute Gasteiger partial charge is 0.494 e. The molecule has 0 aliphatic heterocycles. The van der Waals surface area contributed by atoms with Crippen LogP contribution in [0.1, 0.15) is 33.7 Å². The summed E-state index contributed by atoms with van der Waals surface area (Å²) in [5, 5.41) is 0. The van der Waals surface area contributed by atoms with Gasteiger partial charge in [0.25, 0.3) is 0 Å². The second kappa shape index (κ2) is 9.01. The van der Waals surface area contributed by atoms with Gasteiger partial charge in [0.1, 0.15) is 17.1 Å². The highest BCUT2D eigenvalue weighted by Gasteiger charge is 2.17. The Balaban J connectivity index is 1.72. The molecule has 0 aliphatic rings. The molecule has 1 N–H and O–H groups in total. The number of carbonyl (C=O) groups excluding carboxylic acids is 2. The standard InChI is InChI=1S/C21H21N3O5/c1-27-18-8-4-13(10-20(18)29-3)16(25)6-7-17(26)14-5-9-19(28-2)21(24-14)15-11-22-12-23-15/h4-5,8-12H,6-7H2,1-3H3,(H,22,23). The van der Waals surface area contributed by atoms with Crippen LogP contribution in [0.5, 0.6) is 17.2 Å². The van der Waals surface area contributed by atoms with Gasteiger partial charge in [0.2, 0.25) is 0 Å². The van der Waals surface area contributed by atoms with E-state index in [1.54, 1.807) is 36.5 Å². The Kier molecular flexibility index (Phi) is 6.23. The first-order valence-corrected chi connectivity index (χ1v) is 8.89. The molecule has 0 spiro atoms. The molecular formula is C21H21N3O5. The van der Waals surface area contributed by atoms with Crippen LogP contribution in [0.2, 0.25) is 0 Å². The Bertz CT molecular complexity index is 1020. The number of methoxy groups -OCH3 is 3. The van der Waals surface area contributed by atoms with E-state index in [0.717, 1.165) is 0 Å². The van der Waals surface area contributed by atoms with Gasteiger partial charge in [0, 0.05) is 18.4 Å². The number of ether oxygens (including phenoxy) is 3. The third kappa shape index (κ3) is 4.43. The molecule has 29 heavy (non-hydrogen) atoms. The number of pyridine rings is 1. The maximum absolute atomic E-state index is 12.6. The van der Waals surface area contributed by atoms with Gasteiger partial charge in [-0.1, -0.05) is 0 Å². The molecule has 3 rings (SSSR count). The zero-order valence-corrected chi connectivity index (χ0v) is 16.4. The number of nitrogens with zero attached hydrogens (tertiary/aromatic N) is 2. The summed E-state index contributed by atoms with van der Waals surface area (Å²) in [6.07, 6.45) is 3.21. The number of imidazole rings is 1. The normalized spacial score (nSPS) is 10.4. The molecule has 0 saturated carbocycles. The van der Waals surface area contributed by atoms with Gasteiger partial charge in [0.05, 0.1) is 39.5 Å². The van der Waals surface area contributed by atoms with Crippen molar-refractivity contribution in [3.8, 4) is 28.6 Å². The fraction of sp³-hybridized carbons (Fsp3) is 0.238. The molecule has 8 nitrogen and oxygen atoms in total. The van der Waals surface area contributed by atoms with Crippen molar-refractivity contribution in [1.29, 1.82) is 0 Å². The molecule has 0 amide bonds. The zero-order valence-electron chi connectivity index (χ0n) is 16.4. The average Bonchev–Trinajstić information content (AvgIpc) is 3.31. The fourth-order valence-corrected chi connectivity index (χ4v) is 2.85. The second-order valence-electron chi connectivity index (χ2n) is 6.13. The minimum absolute atomic E-state index is 0.0366. The number of Topliss-reactive ketones (excluding diaryl/α,β-unsaturated/α-hetero) is 2. The molecule has 3 aromatic rings. The van der Waals surface area contributed by atoms with Crippen LogP contribution in [-0.2, 0) is 0 Å². The van der Waals surface area contributed by atoms with Crippen LogP contribution < -0.4 is 14.2 Å². The number of aromatic amines is 1. The smallest absolute Gasteiger partial charge is 0.181 e. The van der Waals surface area contributed by atoms with E-state index < -0.39 is 0 Å². The Morgan fingerprint density at radius 1 is 0.897 bits per heavy atom. The molecule has 0 saturated heterocycles. The van der Waals surface area contributed by atoms with E-state index in [1.807, 2.05) is 0 Å². The number of rotatable bonds is 9. The average molecular weight is 395 g/mol. The van der Waals surface area contributed by atoms with Crippen molar-refractivity contribution in [1.82, 2.24) is 15.0 Å². The Morgan fingerprint density at radius 3 is 2.24 bits per heavy atom. The Morgan fingerprint density at radius 2 is 1.59 bits per heavy atom. The summed E-state index contributed by atoms with van der Waals surface area (Å²) >= 11 is 0. The van der Waals surface area contributed by atoms with E-state index in [2.05, 4.69) is 15.0 Å². The lowest BCUT2D eigenvalue weighted by atomic mass is 10.0. The van der Waals surface area contributed by atoms with Crippen molar-refractivity contribution in [2.75, 3.05) is 21.3 Å². The van der Waals surface area contributed by atoms with Crippen molar-refractivity contribution in [3.63, 3.8) is 0 Å². The number of hydrogen-bond acceptors (Lipinski definition) is 7.